The lowest BCUT2D eigenvalue weighted by atomic mass is 9.87. The zero-order valence-corrected chi connectivity index (χ0v) is 12.9. The van der Waals surface area contributed by atoms with Gasteiger partial charge in [-0.2, -0.15) is 0 Å². The molecule has 1 aliphatic rings. The number of hydrogen-bond acceptors (Lipinski definition) is 4. The van der Waals surface area contributed by atoms with Gasteiger partial charge in [0.1, 0.15) is 4.88 Å². The summed E-state index contributed by atoms with van der Waals surface area (Å²) in [5.41, 5.74) is 0. The van der Waals surface area contributed by atoms with Crippen LogP contribution in [-0.4, -0.2) is 24.5 Å². The Kier molecular flexibility index (Phi) is 5.43. The summed E-state index contributed by atoms with van der Waals surface area (Å²) < 4.78 is 5.49. The van der Waals surface area contributed by atoms with Crippen molar-refractivity contribution < 1.29 is 14.3 Å². The first kappa shape index (κ1) is 15.3. The predicted octanol–water partition coefficient (Wildman–Crippen LogP) is 3.25. The second-order valence-electron chi connectivity index (χ2n) is 5.20. The standard InChI is InChI=1S/C14H18ClNO3S/c1-9-2-4-10(5-3-9)16-13(17)8-19-14(18)11-6-7-12(15)20-11/h6-7,9-10H,2-5,8H2,1H3,(H,16,17). The Morgan fingerprint density at radius 3 is 2.65 bits per heavy atom. The van der Waals surface area contributed by atoms with Gasteiger partial charge in [-0.05, 0) is 43.7 Å². The Bertz CT molecular complexity index is 481. The summed E-state index contributed by atoms with van der Waals surface area (Å²) in [4.78, 5) is 23.8. The van der Waals surface area contributed by atoms with Crippen molar-refractivity contribution in [3.63, 3.8) is 0 Å². The SMILES string of the molecule is CC1CCC(NC(=O)COC(=O)c2ccc(Cl)s2)CC1. The molecule has 2 rings (SSSR count). The van der Waals surface area contributed by atoms with Crippen LogP contribution in [0.4, 0.5) is 0 Å². The molecular weight excluding hydrogens is 298 g/mol. The molecule has 0 atom stereocenters. The zero-order chi connectivity index (χ0) is 14.5. The van der Waals surface area contributed by atoms with Gasteiger partial charge in [0.25, 0.3) is 5.91 Å². The van der Waals surface area contributed by atoms with Gasteiger partial charge >= 0.3 is 5.97 Å². The fourth-order valence-corrected chi connectivity index (χ4v) is 3.24. The van der Waals surface area contributed by atoms with Crippen LogP contribution in [0.15, 0.2) is 12.1 Å². The minimum absolute atomic E-state index is 0.216. The largest absolute Gasteiger partial charge is 0.451 e. The van der Waals surface area contributed by atoms with Gasteiger partial charge in [0, 0.05) is 6.04 Å². The van der Waals surface area contributed by atoms with Crippen molar-refractivity contribution in [1.82, 2.24) is 5.32 Å². The highest BCUT2D eigenvalue weighted by molar-refractivity contribution is 7.17. The molecule has 0 bridgehead atoms. The maximum absolute atomic E-state index is 11.7. The Balaban J connectivity index is 1.71. The van der Waals surface area contributed by atoms with Gasteiger partial charge in [-0.15, -0.1) is 11.3 Å². The first-order valence-corrected chi connectivity index (χ1v) is 7.96. The molecule has 1 aromatic rings. The van der Waals surface area contributed by atoms with Crippen LogP contribution in [-0.2, 0) is 9.53 Å². The molecule has 0 radical (unpaired) electrons. The third-order valence-corrected chi connectivity index (χ3v) is 4.70. The van der Waals surface area contributed by atoms with Gasteiger partial charge in [-0.1, -0.05) is 18.5 Å². The maximum atomic E-state index is 11.7. The summed E-state index contributed by atoms with van der Waals surface area (Å²) in [6.07, 6.45) is 4.28. The number of thiophene rings is 1. The summed E-state index contributed by atoms with van der Waals surface area (Å²) in [7, 11) is 0. The Labute approximate surface area is 127 Å². The highest BCUT2D eigenvalue weighted by Gasteiger charge is 2.20. The molecule has 0 aliphatic heterocycles. The molecule has 20 heavy (non-hydrogen) atoms. The minimum Gasteiger partial charge on any atom is -0.451 e. The number of nitrogens with one attached hydrogen (secondary N) is 1. The monoisotopic (exact) mass is 315 g/mol. The number of amides is 1. The average Bonchev–Trinajstić information content (AvgIpc) is 2.85. The summed E-state index contributed by atoms with van der Waals surface area (Å²) in [5, 5.41) is 2.91. The van der Waals surface area contributed by atoms with E-state index in [1.807, 2.05) is 0 Å². The average molecular weight is 316 g/mol. The molecule has 1 amide bonds. The van der Waals surface area contributed by atoms with Crippen LogP contribution in [0.5, 0.6) is 0 Å². The van der Waals surface area contributed by atoms with Crippen molar-refractivity contribution in [3.8, 4) is 0 Å². The van der Waals surface area contributed by atoms with Crippen LogP contribution in [0.2, 0.25) is 4.34 Å². The number of halogens is 1. The Hall–Kier alpha value is -1.07. The number of rotatable bonds is 4. The fourth-order valence-electron chi connectivity index (χ4n) is 2.30. The molecule has 1 saturated carbocycles. The molecule has 1 heterocycles. The minimum atomic E-state index is -0.505. The molecule has 1 fully saturated rings. The molecule has 0 saturated heterocycles. The van der Waals surface area contributed by atoms with Crippen LogP contribution < -0.4 is 5.32 Å². The van der Waals surface area contributed by atoms with Crippen LogP contribution in [0.25, 0.3) is 0 Å². The number of hydrogen-bond donors (Lipinski definition) is 1. The third kappa shape index (κ3) is 4.49. The zero-order valence-electron chi connectivity index (χ0n) is 11.4. The van der Waals surface area contributed by atoms with Gasteiger partial charge in [0.05, 0.1) is 4.34 Å². The lowest BCUT2D eigenvalue weighted by Gasteiger charge is -2.26. The van der Waals surface area contributed by atoms with Crippen molar-refractivity contribution in [1.29, 1.82) is 0 Å². The number of carbonyl (C=O) groups is 2. The van der Waals surface area contributed by atoms with Gasteiger partial charge in [0.2, 0.25) is 0 Å². The van der Waals surface area contributed by atoms with E-state index >= 15 is 0 Å². The van der Waals surface area contributed by atoms with E-state index in [4.69, 9.17) is 16.3 Å². The van der Waals surface area contributed by atoms with Crippen LogP contribution in [0.1, 0.15) is 42.3 Å². The fraction of sp³-hybridized carbons (Fsp3) is 0.571. The van der Waals surface area contributed by atoms with Gasteiger partial charge in [0.15, 0.2) is 6.61 Å². The van der Waals surface area contributed by atoms with Gasteiger partial charge in [-0.25, -0.2) is 4.79 Å². The Morgan fingerprint density at radius 2 is 2.05 bits per heavy atom. The van der Waals surface area contributed by atoms with E-state index in [-0.39, 0.29) is 18.6 Å². The molecule has 0 unspecified atom stereocenters. The third-order valence-electron chi connectivity index (χ3n) is 3.49. The number of carbonyl (C=O) groups excluding carboxylic acids is 2. The molecule has 1 N–H and O–H groups in total. The van der Waals surface area contributed by atoms with Gasteiger partial charge in [-0.3, -0.25) is 4.79 Å². The second kappa shape index (κ2) is 7.09. The van der Waals surface area contributed by atoms with E-state index in [1.165, 1.54) is 0 Å². The molecule has 0 spiro atoms. The first-order valence-electron chi connectivity index (χ1n) is 6.76. The van der Waals surface area contributed by atoms with E-state index in [9.17, 15) is 9.59 Å². The summed E-state index contributed by atoms with van der Waals surface area (Å²) >= 11 is 6.88. The van der Waals surface area contributed by atoms with Crippen LogP contribution >= 0.6 is 22.9 Å². The van der Waals surface area contributed by atoms with E-state index in [1.54, 1.807) is 12.1 Å². The highest BCUT2D eigenvalue weighted by Crippen LogP contribution is 2.23. The van der Waals surface area contributed by atoms with Crippen LogP contribution in [0, 0.1) is 5.92 Å². The van der Waals surface area contributed by atoms with Crippen molar-refractivity contribution in [2.75, 3.05) is 6.61 Å². The van der Waals surface area contributed by atoms with E-state index < -0.39 is 5.97 Å². The molecule has 1 aromatic heterocycles. The number of esters is 1. The smallest absolute Gasteiger partial charge is 0.348 e. The van der Waals surface area contributed by atoms with E-state index in [0.717, 1.165) is 42.9 Å². The summed E-state index contributed by atoms with van der Waals surface area (Å²) in [6, 6.07) is 3.44. The lowest BCUT2D eigenvalue weighted by molar-refractivity contribution is -0.125. The van der Waals surface area contributed by atoms with E-state index in [0.29, 0.717) is 9.21 Å². The first-order chi connectivity index (χ1) is 9.54. The quantitative estimate of drug-likeness (QED) is 0.868. The Morgan fingerprint density at radius 1 is 1.35 bits per heavy atom. The molecule has 4 nitrogen and oxygen atoms in total. The second-order valence-corrected chi connectivity index (χ2v) is 6.92. The molecule has 0 aromatic carbocycles. The molecular formula is C14H18ClNO3S. The van der Waals surface area contributed by atoms with E-state index in [2.05, 4.69) is 12.2 Å². The topological polar surface area (TPSA) is 55.4 Å². The predicted molar refractivity (Wildman–Crippen MR) is 79.2 cm³/mol. The number of ether oxygens (including phenoxy) is 1. The van der Waals surface area contributed by atoms with Crippen molar-refractivity contribution >= 4 is 34.8 Å². The van der Waals surface area contributed by atoms with Crippen LogP contribution in [0.3, 0.4) is 0 Å². The van der Waals surface area contributed by atoms with Crippen molar-refractivity contribution in [2.24, 2.45) is 5.92 Å². The van der Waals surface area contributed by atoms with Crippen molar-refractivity contribution in [2.45, 2.75) is 38.6 Å². The molecule has 6 heteroatoms. The summed E-state index contributed by atoms with van der Waals surface area (Å²) in [5.74, 6) is -0.000528. The maximum Gasteiger partial charge on any atom is 0.348 e. The normalized spacial score (nSPS) is 22.3. The summed E-state index contributed by atoms with van der Waals surface area (Å²) in [6.45, 7) is 1.99. The molecule has 1 aliphatic carbocycles. The highest BCUT2D eigenvalue weighted by atomic mass is 35.5. The van der Waals surface area contributed by atoms with Crippen molar-refractivity contribution in [3.05, 3.63) is 21.3 Å². The lowest BCUT2D eigenvalue weighted by Crippen LogP contribution is -2.39. The molecule has 110 valence electrons. The van der Waals surface area contributed by atoms with Gasteiger partial charge < -0.3 is 10.1 Å².